The van der Waals surface area contributed by atoms with Crippen LogP contribution in [0.25, 0.3) is 0 Å². The van der Waals surface area contributed by atoms with Gasteiger partial charge in [-0.25, -0.2) is 0 Å². The van der Waals surface area contributed by atoms with Gasteiger partial charge in [0.2, 0.25) is 0 Å². The van der Waals surface area contributed by atoms with Gasteiger partial charge in [-0.1, -0.05) is 91.0 Å². The van der Waals surface area contributed by atoms with Gasteiger partial charge in [-0.05, 0) is 46.4 Å². The van der Waals surface area contributed by atoms with Gasteiger partial charge >= 0.3 is 0 Å². The number of amides is 1. The third-order valence-corrected chi connectivity index (χ3v) is 7.64. The lowest BCUT2D eigenvalue weighted by Gasteiger charge is -2.49. The van der Waals surface area contributed by atoms with Crippen molar-refractivity contribution in [2.24, 2.45) is 5.92 Å². The minimum atomic E-state index is -0.270. The number of nitrogens with zero attached hydrogens (tertiary/aromatic N) is 1. The number of carbonyl (C=O) groups is 1. The molecule has 2 heterocycles. The van der Waals surface area contributed by atoms with Gasteiger partial charge in [-0.15, -0.1) is 0 Å². The minimum Gasteiger partial charge on any atom is -0.300 e. The molecule has 4 aromatic rings. The summed E-state index contributed by atoms with van der Waals surface area (Å²) in [5.74, 6) is 0.375. The van der Waals surface area contributed by atoms with Crippen LogP contribution in [-0.4, -0.2) is 5.91 Å². The summed E-state index contributed by atoms with van der Waals surface area (Å²) in [5, 5.41) is 0. The molecule has 148 valence electrons. The zero-order chi connectivity index (χ0) is 20.6. The van der Waals surface area contributed by atoms with Gasteiger partial charge in [0, 0.05) is 17.2 Å². The van der Waals surface area contributed by atoms with Crippen LogP contribution >= 0.6 is 0 Å². The fourth-order valence-electron chi connectivity index (χ4n) is 6.61. The highest BCUT2D eigenvalue weighted by molar-refractivity contribution is 6.12. The molecule has 1 aliphatic carbocycles. The Balaban J connectivity index is 1.64. The van der Waals surface area contributed by atoms with Crippen molar-refractivity contribution in [3.63, 3.8) is 0 Å². The topological polar surface area (TPSA) is 20.3 Å². The molecular formula is C29H21NO. The summed E-state index contributed by atoms with van der Waals surface area (Å²) >= 11 is 0. The van der Waals surface area contributed by atoms with Crippen molar-refractivity contribution >= 4 is 11.6 Å². The maximum atomic E-state index is 13.6. The van der Waals surface area contributed by atoms with E-state index >= 15 is 0 Å². The monoisotopic (exact) mass is 399 g/mol. The minimum absolute atomic E-state index is 0.0335. The predicted octanol–water partition coefficient (Wildman–Crippen LogP) is 5.91. The van der Waals surface area contributed by atoms with Crippen LogP contribution in [-0.2, 0) is 11.8 Å². The van der Waals surface area contributed by atoms with E-state index in [1.165, 1.54) is 27.8 Å². The van der Waals surface area contributed by atoms with Crippen molar-refractivity contribution in [1.29, 1.82) is 0 Å². The van der Waals surface area contributed by atoms with Crippen molar-refractivity contribution in [1.82, 2.24) is 0 Å². The quantitative estimate of drug-likeness (QED) is 0.390. The van der Waals surface area contributed by atoms with Gasteiger partial charge in [0.1, 0.15) is 0 Å². The van der Waals surface area contributed by atoms with E-state index in [0.29, 0.717) is 0 Å². The van der Waals surface area contributed by atoms with E-state index in [1.54, 1.807) is 0 Å². The Hall–Kier alpha value is -3.65. The van der Waals surface area contributed by atoms with E-state index in [2.05, 4.69) is 95.9 Å². The van der Waals surface area contributed by atoms with Crippen molar-refractivity contribution in [2.45, 2.75) is 17.9 Å². The third kappa shape index (κ3) is 1.96. The molecule has 31 heavy (non-hydrogen) atoms. The molecule has 0 saturated heterocycles. The Bertz CT molecular complexity index is 1360. The van der Waals surface area contributed by atoms with Gasteiger partial charge in [-0.2, -0.15) is 0 Å². The van der Waals surface area contributed by atoms with Crippen LogP contribution in [0.3, 0.4) is 0 Å². The van der Waals surface area contributed by atoms with Crippen LogP contribution < -0.4 is 4.90 Å². The highest BCUT2D eigenvalue weighted by atomic mass is 16.2. The van der Waals surface area contributed by atoms with Gasteiger partial charge in [0.25, 0.3) is 5.91 Å². The summed E-state index contributed by atoms with van der Waals surface area (Å²) in [5.41, 5.74) is 8.13. The highest BCUT2D eigenvalue weighted by Gasteiger charge is 2.60. The lowest BCUT2D eigenvalue weighted by atomic mass is 9.60. The number of carbonyl (C=O) groups excluding carboxylic acids is 1. The van der Waals surface area contributed by atoms with Crippen LogP contribution in [0.5, 0.6) is 0 Å². The van der Waals surface area contributed by atoms with Gasteiger partial charge in [-0.3, -0.25) is 4.79 Å². The van der Waals surface area contributed by atoms with Crippen molar-refractivity contribution in [2.75, 3.05) is 4.90 Å². The summed E-state index contributed by atoms with van der Waals surface area (Å²) in [6.45, 7) is 0. The van der Waals surface area contributed by atoms with E-state index in [4.69, 9.17) is 0 Å². The molecule has 3 atom stereocenters. The molecule has 4 aromatic carbocycles. The number of fused-ring (bicyclic) bond motifs is 10. The first-order valence-electron chi connectivity index (χ1n) is 11.0. The Morgan fingerprint density at radius 3 is 2.26 bits per heavy atom. The molecule has 7 rings (SSSR count). The zero-order valence-corrected chi connectivity index (χ0v) is 17.0. The normalized spacial score (nSPS) is 24.8. The summed E-state index contributed by atoms with van der Waals surface area (Å²) in [6.07, 6.45) is 0.960. The summed E-state index contributed by atoms with van der Waals surface area (Å²) in [4.78, 5) is 15.7. The Kier molecular flexibility index (Phi) is 3.28. The lowest BCUT2D eigenvalue weighted by molar-refractivity contribution is 0.0977. The molecule has 3 aliphatic rings. The number of rotatable bonds is 1. The number of hydrogen-bond acceptors (Lipinski definition) is 1. The second kappa shape index (κ2) is 5.95. The molecule has 1 amide bonds. The van der Waals surface area contributed by atoms with E-state index < -0.39 is 0 Å². The number of hydrogen-bond donors (Lipinski definition) is 0. The van der Waals surface area contributed by atoms with Gasteiger partial charge < -0.3 is 4.90 Å². The molecule has 2 heteroatoms. The van der Waals surface area contributed by atoms with Crippen LogP contribution in [0, 0.1) is 5.92 Å². The average molecular weight is 399 g/mol. The van der Waals surface area contributed by atoms with E-state index in [-0.39, 0.29) is 23.3 Å². The smallest absolute Gasteiger partial charge is 0.259 e. The van der Waals surface area contributed by atoms with Gasteiger partial charge in [0.15, 0.2) is 0 Å². The largest absolute Gasteiger partial charge is 0.300 e. The molecule has 0 radical (unpaired) electrons. The second-order valence-electron chi connectivity index (χ2n) is 8.87. The van der Waals surface area contributed by atoms with Crippen LogP contribution in [0.1, 0.15) is 44.2 Å². The molecule has 2 aliphatic heterocycles. The molecule has 2 nitrogen and oxygen atoms in total. The lowest BCUT2D eigenvalue weighted by Crippen LogP contribution is -2.48. The van der Waals surface area contributed by atoms with Crippen LogP contribution in [0.4, 0.5) is 5.69 Å². The number of para-hydroxylation sites is 1. The standard InChI is InChI=1S/C29H21NO/c31-28-22-14-6-5-13-21(22)27-25-18-19-10-4-7-15-23(19)29(25,20-11-2-1-3-12-20)24-16-8-9-17-26(24)30(27)28/h1-17,25,27H,18H2/t25-,27-,29+/m0/s1. The van der Waals surface area contributed by atoms with Gasteiger partial charge in [0.05, 0.1) is 11.5 Å². The first-order chi connectivity index (χ1) is 15.3. The molecule has 0 fully saturated rings. The second-order valence-corrected chi connectivity index (χ2v) is 8.87. The maximum absolute atomic E-state index is 13.6. The summed E-state index contributed by atoms with van der Waals surface area (Å²) in [7, 11) is 0. The Morgan fingerprint density at radius 1 is 0.710 bits per heavy atom. The van der Waals surface area contributed by atoms with E-state index in [1.807, 2.05) is 12.1 Å². The Labute approximate surface area is 181 Å². The first-order valence-corrected chi connectivity index (χ1v) is 11.0. The maximum Gasteiger partial charge on any atom is 0.259 e. The predicted molar refractivity (Wildman–Crippen MR) is 122 cm³/mol. The average Bonchev–Trinajstić information content (AvgIpc) is 3.34. The summed E-state index contributed by atoms with van der Waals surface area (Å²) < 4.78 is 0. The summed E-state index contributed by atoms with van der Waals surface area (Å²) in [6, 6.07) is 36.6. The van der Waals surface area contributed by atoms with E-state index in [9.17, 15) is 4.79 Å². The Morgan fingerprint density at radius 2 is 1.39 bits per heavy atom. The number of anilines is 1. The third-order valence-electron chi connectivity index (χ3n) is 7.64. The van der Waals surface area contributed by atoms with Crippen LogP contribution in [0.15, 0.2) is 103 Å². The molecular weight excluding hydrogens is 378 g/mol. The van der Waals surface area contributed by atoms with Crippen LogP contribution in [0.2, 0.25) is 0 Å². The molecule has 0 aromatic heterocycles. The van der Waals surface area contributed by atoms with E-state index in [0.717, 1.165) is 17.7 Å². The number of benzene rings is 4. The zero-order valence-electron chi connectivity index (χ0n) is 17.0. The fourth-order valence-corrected chi connectivity index (χ4v) is 6.61. The molecule has 0 saturated carbocycles. The SMILES string of the molecule is O=C1c2ccccc2[C@H]2[C@@H]3Cc4ccccc4[C@]3(c3ccccc3)c3ccccc3N12. The molecule has 0 spiro atoms. The first kappa shape index (κ1) is 17.1. The fraction of sp³-hybridized carbons (Fsp3) is 0.138. The molecule has 0 N–H and O–H groups in total. The highest BCUT2D eigenvalue weighted by Crippen LogP contribution is 2.64. The van der Waals surface area contributed by atoms with Crippen molar-refractivity contribution in [3.05, 3.63) is 137 Å². The molecule has 0 bridgehead atoms. The van der Waals surface area contributed by atoms with Crippen molar-refractivity contribution in [3.8, 4) is 0 Å². The molecule has 0 unspecified atom stereocenters. The van der Waals surface area contributed by atoms with Crippen molar-refractivity contribution < 1.29 is 4.79 Å².